The minimum atomic E-state index is -0.817. The third kappa shape index (κ3) is 3.33. The molecule has 0 spiro atoms. The summed E-state index contributed by atoms with van der Waals surface area (Å²) in [6.07, 6.45) is 2.40. The molecule has 1 aromatic carbocycles. The molecule has 3 aromatic rings. The average Bonchev–Trinajstić information content (AvgIpc) is 3.04. The van der Waals surface area contributed by atoms with Gasteiger partial charge in [-0.2, -0.15) is 5.10 Å². The molecule has 0 fully saturated rings. The Kier molecular flexibility index (Phi) is 4.69. The number of anilines is 1. The van der Waals surface area contributed by atoms with Crippen molar-refractivity contribution < 1.29 is 15.0 Å². The van der Waals surface area contributed by atoms with Gasteiger partial charge in [0.05, 0.1) is 41.7 Å². The van der Waals surface area contributed by atoms with E-state index >= 15 is 0 Å². The van der Waals surface area contributed by atoms with Crippen molar-refractivity contribution in [2.24, 2.45) is 5.73 Å². The minimum Gasteiger partial charge on any atom is -0.394 e. The highest BCUT2D eigenvalue weighted by Crippen LogP contribution is 2.29. The number of hydrogen-bond donors (Lipinski definition) is 4. The number of aromatic nitrogens is 2. The van der Waals surface area contributed by atoms with E-state index in [1.54, 1.807) is 11.4 Å². The molecule has 2 atom stereocenters. The highest BCUT2D eigenvalue weighted by molar-refractivity contribution is 6.02. The van der Waals surface area contributed by atoms with Gasteiger partial charge in [0.1, 0.15) is 0 Å². The van der Waals surface area contributed by atoms with Crippen LogP contribution < -0.4 is 11.1 Å². The standard InChI is InChI=1S/C18H20N4O3/c1-11(24)15(10-23)21-17-14(18(19)25)8-20-22-9-13(7-16(17)22)12-5-3-2-4-6-12/h2-9,11,15,21,23-24H,10H2,1H3,(H2,19,25)/t11-,15+/m0/s1. The van der Waals surface area contributed by atoms with Gasteiger partial charge in [-0.1, -0.05) is 30.3 Å². The number of primary amides is 1. The molecule has 7 heteroatoms. The van der Waals surface area contributed by atoms with Gasteiger partial charge in [0.2, 0.25) is 0 Å². The summed E-state index contributed by atoms with van der Waals surface area (Å²) in [5.41, 5.74) is 8.66. The lowest BCUT2D eigenvalue weighted by Gasteiger charge is -2.22. The van der Waals surface area contributed by atoms with Crippen LogP contribution in [0.3, 0.4) is 0 Å². The summed E-state index contributed by atoms with van der Waals surface area (Å²) >= 11 is 0. The number of carbonyl (C=O) groups is 1. The van der Waals surface area contributed by atoms with E-state index in [-0.39, 0.29) is 12.2 Å². The molecule has 0 unspecified atom stereocenters. The summed E-state index contributed by atoms with van der Waals surface area (Å²) in [7, 11) is 0. The molecule has 0 bridgehead atoms. The maximum atomic E-state index is 11.8. The van der Waals surface area contributed by atoms with Crippen molar-refractivity contribution in [3.8, 4) is 11.1 Å². The topological polar surface area (TPSA) is 113 Å². The number of aliphatic hydroxyl groups is 2. The van der Waals surface area contributed by atoms with Crippen LogP contribution in [0.2, 0.25) is 0 Å². The van der Waals surface area contributed by atoms with Crippen LogP contribution in [0, 0.1) is 0 Å². The van der Waals surface area contributed by atoms with Crippen LogP contribution in [0.15, 0.2) is 48.8 Å². The Labute approximate surface area is 144 Å². The van der Waals surface area contributed by atoms with E-state index in [1.165, 1.54) is 6.20 Å². The third-order valence-corrected chi connectivity index (χ3v) is 4.12. The van der Waals surface area contributed by atoms with E-state index in [9.17, 15) is 15.0 Å². The Balaban J connectivity index is 2.15. The van der Waals surface area contributed by atoms with Gasteiger partial charge < -0.3 is 21.3 Å². The smallest absolute Gasteiger partial charge is 0.252 e. The van der Waals surface area contributed by atoms with Crippen molar-refractivity contribution in [2.75, 3.05) is 11.9 Å². The zero-order chi connectivity index (χ0) is 18.0. The quantitative estimate of drug-likeness (QED) is 0.539. The maximum Gasteiger partial charge on any atom is 0.252 e. The van der Waals surface area contributed by atoms with Crippen molar-refractivity contribution >= 4 is 17.1 Å². The molecule has 3 rings (SSSR count). The first-order chi connectivity index (χ1) is 12.0. The van der Waals surface area contributed by atoms with Crippen LogP contribution in [0.25, 0.3) is 16.6 Å². The molecular formula is C18H20N4O3. The summed E-state index contributed by atoms with van der Waals surface area (Å²) in [5.74, 6) is -0.637. The number of aliphatic hydroxyl groups excluding tert-OH is 2. The summed E-state index contributed by atoms with van der Waals surface area (Å²) in [5, 5.41) is 26.5. The Morgan fingerprint density at radius 3 is 2.64 bits per heavy atom. The number of hydrogen-bond acceptors (Lipinski definition) is 5. The zero-order valence-corrected chi connectivity index (χ0v) is 13.8. The molecule has 0 saturated heterocycles. The van der Waals surface area contributed by atoms with Crippen LogP contribution in [-0.4, -0.2) is 44.5 Å². The first-order valence-electron chi connectivity index (χ1n) is 7.93. The van der Waals surface area contributed by atoms with Gasteiger partial charge in [-0.25, -0.2) is 4.52 Å². The summed E-state index contributed by atoms with van der Waals surface area (Å²) in [4.78, 5) is 11.8. The monoisotopic (exact) mass is 340 g/mol. The molecule has 2 aromatic heterocycles. The molecule has 0 aliphatic carbocycles. The van der Waals surface area contributed by atoms with Crippen LogP contribution in [0.4, 0.5) is 5.69 Å². The molecule has 130 valence electrons. The lowest BCUT2D eigenvalue weighted by Crippen LogP contribution is -2.35. The largest absolute Gasteiger partial charge is 0.394 e. The van der Waals surface area contributed by atoms with Crippen molar-refractivity contribution in [3.05, 3.63) is 54.4 Å². The van der Waals surface area contributed by atoms with E-state index < -0.39 is 18.1 Å². The first-order valence-corrected chi connectivity index (χ1v) is 7.93. The molecule has 7 nitrogen and oxygen atoms in total. The van der Waals surface area contributed by atoms with Gasteiger partial charge in [0.15, 0.2) is 0 Å². The van der Waals surface area contributed by atoms with E-state index in [4.69, 9.17) is 5.73 Å². The highest BCUT2D eigenvalue weighted by Gasteiger charge is 2.20. The molecular weight excluding hydrogens is 320 g/mol. The molecule has 0 radical (unpaired) electrons. The van der Waals surface area contributed by atoms with Gasteiger partial charge in [-0.3, -0.25) is 4.79 Å². The summed E-state index contributed by atoms with van der Waals surface area (Å²) < 4.78 is 1.63. The fraction of sp³-hybridized carbons (Fsp3) is 0.222. The molecule has 0 saturated carbocycles. The minimum absolute atomic E-state index is 0.198. The first kappa shape index (κ1) is 16.9. The molecule has 0 aliphatic rings. The van der Waals surface area contributed by atoms with Crippen LogP contribution in [-0.2, 0) is 0 Å². The molecule has 0 aliphatic heterocycles. The van der Waals surface area contributed by atoms with E-state index in [0.29, 0.717) is 11.2 Å². The number of amides is 1. The van der Waals surface area contributed by atoms with E-state index in [0.717, 1.165) is 11.1 Å². The van der Waals surface area contributed by atoms with Gasteiger partial charge in [0, 0.05) is 11.8 Å². The SMILES string of the molecule is C[C@H](O)[C@@H](CO)Nc1c(C(N)=O)cnn2cc(-c3ccccc3)cc12. The molecule has 25 heavy (non-hydrogen) atoms. The van der Waals surface area contributed by atoms with Crippen molar-refractivity contribution in [1.82, 2.24) is 9.61 Å². The fourth-order valence-corrected chi connectivity index (χ4v) is 2.69. The van der Waals surface area contributed by atoms with Crippen molar-refractivity contribution in [1.29, 1.82) is 0 Å². The van der Waals surface area contributed by atoms with Gasteiger partial charge in [-0.05, 0) is 18.6 Å². The molecule has 5 N–H and O–H groups in total. The second-order valence-electron chi connectivity index (χ2n) is 5.90. The lowest BCUT2D eigenvalue weighted by molar-refractivity contribution is 0.0999. The number of rotatable bonds is 6. The predicted octanol–water partition coefficient (Wildman–Crippen LogP) is 1.25. The fourth-order valence-electron chi connectivity index (χ4n) is 2.69. The maximum absolute atomic E-state index is 11.8. The molecule has 1 amide bonds. The van der Waals surface area contributed by atoms with E-state index in [1.807, 2.05) is 42.6 Å². The Hall–Kier alpha value is -2.90. The number of nitrogens with two attached hydrogens (primary N) is 1. The Bertz CT molecular complexity index is 890. The number of nitrogens with zero attached hydrogens (tertiary/aromatic N) is 2. The zero-order valence-electron chi connectivity index (χ0n) is 13.8. The number of benzene rings is 1. The van der Waals surface area contributed by atoms with Crippen LogP contribution in [0.5, 0.6) is 0 Å². The van der Waals surface area contributed by atoms with Gasteiger partial charge in [-0.15, -0.1) is 0 Å². The summed E-state index contributed by atoms with van der Waals surface area (Å²) in [6, 6.07) is 11.0. The summed E-state index contributed by atoms with van der Waals surface area (Å²) in [6.45, 7) is 1.26. The molecule has 2 heterocycles. The lowest BCUT2D eigenvalue weighted by atomic mass is 10.1. The predicted molar refractivity (Wildman–Crippen MR) is 95.3 cm³/mol. The van der Waals surface area contributed by atoms with E-state index in [2.05, 4.69) is 10.4 Å². The number of carbonyl (C=O) groups excluding carboxylic acids is 1. The van der Waals surface area contributed by atoms with Gasteiger partial charge in [0.25, 0.3) is 5.91 Å². The van der Waals surface area contributed by atoms with Gasteiger partial charge >= 0.3 is 0 Å². The second-order valence-corrected chi connectivity index (χ2v) is 5.90. The Morgan fingerprint density at radius 1 is 1.32 bits per heavy atom. The van der Waals surface area contributed by atoms with Crippen LogP contribution >= 0.6 is 0 Å². The second kappa shape index (κ2) is 6.92. The Morgan fingerprint density at radius 2 is 2.04 bits per heavy atom. The average molecular weight is 340 g/mol. The highest BCUT2D eigenvalue weighted by atomic mass is 16.3. The number of fused-ring (bicyclic) bond motifs is 1. The number of nitrogens with one attached hydrogen (secondary N) is 1. The van der Waals surface area contributed by atoms with Crippen molar-refractivity contribution in [2.45, 2.75) is 19.1 Å². The third-order valence-electron chi connectivity index (χ3n) is 4.12. The van der Waals surface area contributed by atoms with Crippen molar-refractivity contribution in [3.63, 3.8) is 0 Å². The normalized spacial score (nSPS) is 13.6. The van der Waals surface area contributed by atoms with Crippen LogP contribution in [0.1, 0.15) is 17.3 Å².